The fourth-order valence-corrected chi connectivity index (χ4v) is 10.5. The van der Waals surface area contributed by atoms with Crippen molar-refractivity contribution >= 4 is 28.5 Å². The minimum absolute atomic E-state index is 0.00830. The maximum atomic E-state index is 15.5. The molecule has 8 rings (SSSR count). The predicted octanol–water partition coefficient (Wildman–Crippen LogP) is 9.61. The van der Waals surface area contributed by atoms with E-state index in [4.69, 9.17) is 24.2 Å². The van der Waals surface area contributed by atoms with Crippen molar-refractivity contribution in [2.75, 3.05) is 26.9 Å². The maximum absolute atomic E-state index is 15.5. The van der Waals surface area contributed by atoms with Crippen LogP contribution >= 0.6 is 0 Å². The zero-order valence-electron chi connectivity index (χ0n) is 37.9. The Kier molecular flexibility index (Phi) is 15.1. The molecule has 0 unspecified atom stereocenters. The Morgan fingerprint density at radius 2 is 1.69 bits per heavy atom. The maximum Gasteiger partial charge on any atom is 0.412 e. The lowest BCUT2D eigenvalue weighted by molar-refractivity contribution is -0.255. The quantitative estimate of drug-likeness (QED) is 0.0416. The molecule has 5 aromatic rings. The van der Waals surface area contributed by atoms with Gasteiger partial charge in [-0.2, -0.15) is 5.26 Å². The van der Waals surface area contributed by atoms with E-state index in [0.29, 0.717) is 41.2 Å². The van der Waals surface area contributed by atoms with Crippen molar-refractivity contribution in [3.63, 3.8) is 0 Å². The Bertz CT molecular complexity index is 2640. The third kappa shape index (κ3) is 10.0. The minimum Gasteiger partial charge on any atom is -0.459 e. The molecule has 3 aliphatic rings. The van der Waals surface area contributed by atoms with Crippen LogP contribution < -0.4 is 14.8 Å². The molecule has 1 saturated carbocycles. The van der Waals surface area contributed by atoms with Gasteiger partial charge in [-0.3, -0.25) is 4.79 Å². The number of allylic oxidation sites excluding steroid dienone is 1. The van der Waals surface area contributed by atoms with Crippen LogP contribution in [0, 0.1) is 29.1 Å². The standard InChI is InChI=1S/C55H58N4O8/c1-3-30-65-55-50(59(53(62)40-24-22-37(34-56)23-25-40)36-42-19-13-18-39-16-7-8-20-44(39)42)33-48(58-64-2)46-31-41(17-9-11-28-60)45(21-10-12-29-61)51(52(46)55)47-32-43(26-27-49(47)67-55)66-54(63)57-35-38-14-5-4-6-15-38/h3-8,13-16,18-20,22-27,31-32,41,45,50-52,60-61H,1,9-12,17,21,28-30,33,35-36H2,2H3,(H,57,63)/t41-,45+,50-,51+,52+,55+/m0/s1. The Labute approximate surface area is 392 Å². The molecule has 2 aliphatic carbocycles. The molecule has 3 N–H and O–H groups in total. The molecule has 67 heavy (non-hydrogen) atoms. The van der Waals surface area contributed by atoms with Crippen molar-refractivity contribution in [2.45, 2.75) is 75.8 Å². The highest BCUT2D eigenvalue weighted by Gasteiger charge is 2.65. The summed E-state index contributed by atoms with van der Waals surface area (Å²) in [4.78, 5) is 36.3. The molecule has 1 fully saturated rings. The summed E-state index contributed by atoms with van der Waals surface area (Å²) < 4.78 is 20.6. The molecule has 0 saturated heterocycles. The van der Waals surface area contributed by atoms with Crippen LogP contribution in [0.3, 0.4) is 0 Å². The number of aliphatic hydroxyl groups is 2. The molecule has 6 atom stereocenters. The van der Waals surface area contributed by atoms with Crippen molar-refractivity contribution in [1.82, 2.24) is 10.2 Å². The van der Waals surface area contributed by atoms with E-state index in [-0.39, 0.29) is 63.0 Å². The van der Waals surface area contributed by atoms with E-state index in [9.17, 15) is 20.3 Å². The molecule has 1 heterocycles. The number of hydrogen-bond donors (Lipinski definition) is 3. The topological polar surface area (TPSA) is 163 Å². The van der Waals surface area contributed by atoms with Crippen molar-refractivity contribution in [3.8, 4) is 17.6 Å². The molecular weight excluding hydrogens is 845 g/mol. The molecule has 12 heteroatoms. The van der Waals surface area contributed by atoms with Gasteiger partial charge in [-0.1, -0.05) is 103 Å². The zero-order chi connectivity index (χ0) is 46.8. The van der Waals surface area contributed by atoms with Gasteiger partial charge in [-0.05, 0) is 107 Å². The molecule has 346 valence electrons. The molecule has 5 aromatic carbocycles. The van der Waals surface area contributed by atoms with E-state index in [1.165, 1.54) is 7.11 Å². The lowest BCUT2D eigenvalue weighted by atomic mass is 9.55. The number of nitrogens with zero attached hydrogens (tertiary/aromatic N) is 3. The summed E-state index contributed by atoms with van der Waals surface area (Å²) in [6.07, 6.45) is 7.84. The predicted molar refractivity (Wildman–Crippen MR) is 256 cm³/mol. The highest BCUT2D eigenvalue weighted by Crippen LogP contribution is 2.62. The lowest BCUT2D eigenvalue weighted by Crippen LogP contribution is -2.70. The average molecular weight is 903 g/mol. The van der Waals surface area contributed by atoms with Crippen LogP contribution in [0.15, 0.2) is 145 Å². The Balaban J connectivity index is 1.32. The van der Waals surface area contributed by atoms with E-state index in [2.05, 4.69) is 30.1 Å². The second-order valence-corrected chi connectivity index (χ2v) is 17.4. The third-order valence-electron chi connectivity index (χ3n) is 13.5. The van der Waals surface area contributed by atoms with Gasteiger partial charge in [0.05, 0.1) is 29.9 Å². The molecule has 0 bridgehead atoms. The first kappa shape index (κ1) is 46.7. The highest BCUT2D eigenvalue weighted by molar-refractivity contribution is 6.03. The fraction of sp³-hybridized carbons (Fsp3) is 0.345. The van der Waals surface area contributed by atoms with E-state index in [1.54, 1.807) is 36.4 Å². The molecule has 0 spiro atoms. The van der Waals surface area contributed by atoms with Gasteiger partial charge in [-0.15, -0.1) is 6.58 Å². The number of carbonyl (C=O) groups is 2. The summed E-state index contributed by atoms with van der Waals surface area (Å²) in [6, 6.07) is 37.2. The minimum atomic E-state index is -1.53. The number of fused-ring (bicyclic) bond motifs is 3. The van der Waals surface area contributed by atoms with Crippen molar-refractivity contribution in [3.05, 3.63) is 167 Å². The molecule has 1 aliphatic heterocycles. The number of ether oxygens (including phenoxy) is 3. The lowest BCUT2D eigenvalue weighted by Gasteiger charge is -2.60. The first-order valence-corrected chi connectivity index (χ1v) is 23.2. The van der Waals surface area contributed by atoms with E-state index in [1.807, 2.05) is 83.8 Å². The van der Waals surface area contributed by atoms with Gasteiger partial charge >= 0.3 is 6.09 Å². The van der Waals surface area contributed by atoms with Gasteiger partial charge in [0.2, 0.25) is 5.79 Å². The summed E-state index contributed by atoms with van der Waals surface area (Å²) >= 11 is 0. The van der Waals surface area contributed by atoms with Gasteiger partial charge < -0.3 is 39.5 Å². The van der Waals surface area contributed by atoms with Crippen molar-refractivity contribution in [2.24, 2.45) is 22.9 Å². The van der Waals surface area contributed by atoms with Crippen LogP contribution in [0.2, 0.25) is 0 Å². The first-order chi connectivity index (χ1) is 32.8. The Morgan fingerprint density at radius 3 is 2.43 bits per heavy atom. The summed E-state index contributed by atoms with van der Waals surface area (Å²) in [6.45, 7) is 4.73. The van der Waals surface area contributed by atoms with Crippen LogP contribution in [0.1, 0.15) is 83.5 Å². The summed E-state index contributed by atoms with van der Waals surface area (Å²) in [5, 5.41) is 39.3. The van der Waals surface area contributed by atoms with E-state index >= 15 is 4.79 Å². The molecule has 12 nitrogen and oxygen atoms in total. The van der Waals surface area contributed by atoms with Gasteiger partial charge in [-0.25, -0.2) is 4.79 Å². The van der Waals surface area contributed by atoms with Gasteiger partial charge in [0.25, 0.3) is 5.91 Å². The molecular formula is C55H58N4O8. The van der Waals surface area contributed by atoms with Crippen LogP contribution in [0.4, 0.5) is 4.79 Å². The number of carbonyl (C=O) groups excluding carboxylic acids is 2. The zero-order valence-corrected chi connectivity index (χ0v) is 37.9. The van der Waals surface area contributed by atoms with Crippen LogP contribution in [0.5, 0.6) is 11.5 Å². The van der Waals surface area contributed by atoms with Gasteiger partial charge in [0.15, 0.2) is 0 Å². The number of unbranched alkanes of at least 4 members (excludes halogenated alkanes) is 2. The largest absolute Gasteiger partial charge is 0.459 e. The number of rotatable bonds is 19. The van der Waals surface area contributed by atoms with Crippen LogP contribution in [-0.4, -0.2) is 71.6 Å². The summed E-state index contributed by atoms with van der Waals surface area (Å²) in [5.41, 5.74) is 5.02. The normalized spacial score (nSPS) is 22.0. The van der Waals surface area contributed by atoms with Crippen molar-refractivity contribution < 1.29 is 38.9 Å². The Morgan fingerprint density at radius 1 is 0.940 bits per heavy atom. The Hall–Kier alpha value is -6.78. The number of oxime groups is 1. The number of aliphatic hydroxyl groups excluding tert-OH is 2. The first-order valence-electron chi connectivity index (χ1n) is 23.2. The molecule has 0 aromatic heterocycles. The highest BCUT2D eigenvalue weighted by atomic mass is 16.7. The molecule has 0 radical (unpaired) electrons. The SMILES string of the molecule is C=CCO[C@@]12Oc3ccc(OC(=O)NCc4ccccc4)cc3[C@H]3[C@H](CCCCO)[C@@H](CCCCO)C=C(C(=NOC)C[C@@H]1N(Cc1cccc4ccccc14)C(=O)c1ccc(C#N)cc1)[C@H]32. The van der Waals surface area contributed by atoms with Crippen LogP contribution in [-0.2, 0) is 22.7 Å². The second kappa shape index (κ2) is 21.7. The number of hydrogen-bond acceptors (Lipinski definition) is 10. The van der Waals surface area contributed by atoms with Crippen LogP contribution in [0.25, 0.3) is 10.8 Å². The number of amides is 2. The number of nitrogens with one attached hydrogen (secondary N) is 1. The fourth-order valence-electron chi connectivity index (χ4n) is 10.5. The summed E-state index contributed by atoms with van der Waals surface area (Å²) in [5.74, 6) is -1.91. The average Bonchev–Trinajstić information content (AvgIpc) is 3.36. The van der Waals surface area contributed by atoms with E-state index in [0.717, 1.165) is 58.7 Å². The van der Waals surface area contributed by atoms with Crippen molar-refractivity contribution in [1.29, 1.82) is 5.26 Å². The number of nitriles is 1. The molecule has 2 amide bonds. The smallest absolute Gasteiger partial charge is 0.412 e. The summed E-state index contributed by atoms with van der Waals surface area (Å²) in [7, 11) is 1.52. The van der Waals surface area contributed by atoms with Gasteiger partial charge in [0.1, 0.15) is 24.7 Å². The monoisotopic (exact) mass is 902 g/mol. The van der Waals surface area contributed by atoms with Gasteiger partial charge in [0, 0.05) is 49.8 Å². The number of benzene rings is 5. The third-order valence-corrected chi connectivity index (χ3v) is 13.5. The second-order valence-electron chi connectivity index (χ2n) is 17.4. The van der Waals surface area contributed by atoms with E-state index < -0.39 is 23.8 Å².